The van der Waals surface area contributed by atoms with Gasteiger partial charge in [0, 0.05) is 42.0 Å². The van der Waals surface area contributed by atoms with Crippen molar-refractivity contribution in [2.75, 3.05) is 27.9 Å². The van der Waals surface area contributed by atoms with Crippen molar-refractivity contribution in [1.82, 2.24) is 4.90 Å². The van der Waals surface area contributed by atoms with Crippen LogP contribution >= 0.6 is 0 Å². The van der Waals surface area contributed by atoms with Crippen LogP contribution in [0.2, 0.25) is 0 Å². The van der Waals surface area contributed by atoms with Gasteiger partial charge in [-0.2, -0.15) is 0 Å². The number of carbonyl (C=O) groups excluding carboxylic acids is 3. The van der Waals surface area contributed by atoms with Crippen LogP contribution < -0.4 is 0 Å². The molecule has 1 rings (SSSR count). The van der Waals surface area contributed by atoms with Gasteiger partial charge < -0.3 is 28.6 Å². The third kappa shape index (κ3) is 4.89. The van der Waals surface area contributed by atoms with Gasteiger partial charge in [0.15, 0.2) is 12.4 Å². The Balaban J connectivity index is 3.15. The molecule has 5 unspecified atom stereocenters. The van der Waals surface area contributed by atoms with Crippen molar-refractivity contribution < 1.29 is 38.1 Å². The second-order valence-corrected chi connectivity index (χ2v) is 5.48. The Morgan fingerprint density at radius 2 is 1.62 bits per heavy atom. The highest BCUT2D eigenvalue weighted by molar-refractivity contribution is 5.73. The molecule has 1 saturated heterocycles. The topological polar surface area (TPSA) is 101 Å². The number of likely N-dealkylation sites (N-methyl/N-ethyl adjacent to an activating group) is 1. The number of nitrogens with zero attached hydrogens (tertiary/aromatic N) is 1. The summed E-state index contributed by atoms with van der Waals surface area (Å²) in [5.41, 5.74) is 0. The molecule has 1 aliphatic rings. The number of amides is 1. The van der Waals surface area contributed by atoms with Crippen LogP contribution in [0.3, 0.4) is 0 Å². The first-order valence-corrected chi connectivity index (χ1v) is 7.47. The smallest absolute Gasteiger partial charge is 0.303 e. The monoisotopic (exact) mass is 347 g/mol. The van der Waals surface area contributed by atoms with E-state index in [1.165, 1.54) is 39.9 Å². The minimum atomic E-state index is -0.879. The van der Waals surface area contributed by atoms with Gasteiger partial charge in [-0.05, 0) is 0 Å². The maximum atomic E-state index is 11.8. The van der Waals surface area contributed by atoms with E-state index in [4.69, 9.17) is 23.7 Å². The third-order valence-electron chi connectivity index (χ3n) is 3.82. The Kier molecular flexibility index (Phi) is 7.59. The van der Waals surface area contributed by atoms with Gasteiger partial charge >= 0.3 is 11.9 Å². The number of esters is 2. The average Bonchev–Trinajstić information content (AvgIpc) is 2.50. The van der Waals surface area contributed by atoms with Gasteiger partial charge in [-0.3, -0.25) is 14.4 Å². The normalized spacial score (nSPS) is 29.7. The number of methoxy groups -OCH3 is 2. The van der Waals surface area contributed by atoms with Crippen LogP contribution in [0, 0.1) is 0 Å². The largest absolute Gasteiger partial charge is 0.463 e. The molecule has 0 radical (unpaired) electrons. The van der Waals surface area contributed by atoms with E-state index in [9.17, 15) is 14.4 Å². The Hall–Kier alpha value is -1.71. The van der Waals surface area contributed by atoms with Crippen LogP contribution in [0.25, 0.3) is 0 Å². The second kappa shape index (κ2) is 8.95. The van der Waals surface area contributed by atoms with E-state index < -0.39 is 42.6 Å². The number of hydrogen-bond donors (Lipinski definition) is 0. The van der Waals surface area contributed by atoms with Crippen molar-refractivity contribution in [2.45, 2.75) is 51.4 Å². The molecule has 0 aromatic rings. The number of rotatable bonds is 6. The van der Waals surface area contributed by atoms with Crippen LogP contribution in [-0.2, 0) is 38.1 Å². The summed E-state index contributed by atoms with van der Waals surface area (Å²) >= 11 is 0. The predicted octanol–water partition coefficient (Wildman–Crippen LogP) is -0.286. The zero-order valence-electron chi connectivity index (χ0n) is 14.8. The molecule has 0 aromatic carbocycles. The van der Waals surface area contributed by atoms with Crippen molar-refractivity contribution in [3.05, 3.63) is 0 Å². The number of hydrogen-bond acceptors (Lipinski definition) is 8. The molecule has 0 spiro atoms. The molecule has 0 N–H and O–H groups in total. The summed E-state index contributed by atoms with van der Waals surface area (Å²) in [5, 5.41) is 0. The molecule has 1 amide bonds. The molecular weight excluding hydrogens is 322 g/mol. The predicted molar refractivity (Wildman–Crippen MR) is 80.9 cm³/mol. The molecule has 138 valence electrons. The maximum absolute atomic E-state index is 11.8. The fourth-order valence-corrected chi connectivity index (χ4v) is 2.65. The van der Waals surface area contributed by atoms with Crippen LogP contribution in [-0.4, -0.2) is 81.3 Å². The van der Waals surface area contributed by atoms with E-state index in [0.29, 0.717) is 0 Å². The average molecular weight is 347 g/mol. The Labute approximate surface area is 141 Å². The fraction of sp³-hybridized carbons (Fsp3) is 0.800. The summed E-state index contributed by atoms with van der Waals surface area (Å²) in [6, 6.07) is -0.713. The minimum absolute atomic E-state index is 0.0953. The van der Waals surface area contributed by atoms with E-state index in [-0.39, 0.29) is 12.5 Å². The summed E-state index contributed by atoms with van der Waals surface area (Å²) < 4.78 is 26.9. The molecule has 0 bridgehead atoms. The van der Waals surface area contributed by atoms with E-state index in [2.05, 4.69) is 0 Å². The molecule has 1 heterocycles. The first kappa shape index (κ1) is 20.3. The molecule has 0 saturated carbocycles. The summed E-state index contributed by atoms with van der Waals surface area (Å²) in [6.07, 6.45) is -3.19. The highest BCUT2D eigenvalue weighted by Gasteiger charge is 2.51. The molecule has 0 aromatic heterocycles. The van der Waals surface area contributed by atoms with Gasteiger partial charge in [0.2, 0.25) is 5.91 Å². The van der Waals surface area contributed by atoms with E-state index in [0.717, 1.165) is 0 Å². The summed E-state index contributed by atoms with van der Waals surface area (Å²) in [6.45, 7) is 3.82. The van der Waals surface area contributed by atoms with Gasteiger partial charge in [-0.25, -0.2) is 0 Å². The first-order valence-electron chi connectivity index (χ1n) is 7.47. The fourth-order valence-electron chi connectivity index (χ4n) is 2.65. The van der Waals surface area contributed by atoms with Gasteiger partial charge in [0.1, 0.15) is 24.9 Å². The lowest BCUT2D eigenvalue weighted by Crippen LogP contribution is -2.66. The van der Waals surface area contributed by atoms with Gasteiger partial charge in [0.25, 0.3) is 0 Å². The second-order valence-electron chi connectivity index (χ2n) is 5.48. The van der Waals surface area contributed by atoms with Crippen molar-refractivity contribution >= 4 is 17.8 Å². The maximum Gasteiger partial charge on any atom is 0.303 e. The molecular formula is C15H25NO8. The molecule has 24 heavy (non-hydrogen) atoms. The van der Waals surface area contributed by atoms with Crippen molar-refractivity contribution in [1.29, 1.82) is 0 Å². The van der Waals surface area contributed by atoms with Gasteiger partial charge in [-0.15, -0.1) is 0 Å². The minimum Gasteiger partial charge on any atom is -0.463 e. The van der Waals surface area contributed by atoms with Crippen molar-refractivity contribution in [3.63, 3.8) is 0 Å². The molecule has 1 fully saturated rings. The van der Waals surface area contributed by atoms with Crippen molar-refractivity contribution in [2.24, 2.45) is 0 Å². The Morgan fingerprint density at radius 1 is 1.00 bits per heavy atom. The molecule has 1 aliphatic heterocycles. The first-order chi connectivity index (χ1) is 11.2. The van der Waals surface area contributed by atoms with E-state index in [1.54, 1.807) is 7.05 Å². The number of ether oxygens (including phenoxy) is 5. The van der Waals surface area contributed by atoms with Crippen LogP contribution in [0.15, 0.2) is 0 Å². The van der Waals surface area contributed by atoms with Crippen LogP contribution in [0.1, 0.15) is 20.8 Å². The Morgan fingerprint density at radius 3 is 2.04 bits per heavy atom. The zero-order valence-corrected chi connectivity index (χ0v) is 14.8. The van der Waals surface area contributed by atoms with E-state index in [1.807, 2.05) is 0 Å². The Bertz CT molecular complexity index is 468. The highest BCUT2D eigenvalue weighted by atomic mass is 16.7. The SMILES string of the molecule is COC1OC(COC(C)=O)C(OC)C(OC(C)=O)C1N(C)C(C)=O. The summed E-state index contributed by atoms with van der Waals surface area (Å²) in [4.78, 5) is 35.8. The summed E-state index contributed by atoms with van der Waals surface area (Å²) in [7, 11) is 4.38. The molecule has 0 aliphatic carbocycles. The van der Waals surface area contributed by atoms with Gasteiger partial charge in [-0.1, -0.05) is 0 Å². The standard InChI is InChI=1S/C15H25NO8/c1-8(17)16(4)12-14(23-10(3)19)13(20-5)11(7-22-9(2)18)24-15(12)21-6/h11-15H,7H2,1-6H3. The molecule has 9 heteroatoms. The van der Waals surface area contributed by atoms with Crippen LogP contribution in [0.4, 0.5) is 0 Å². The third-order valence-corrected chi connectivity index (χ3v) is 3.82. The van der Waals surface area contributed by atoms with Crippen molar-refractivity contribution in [3.8, 4) is 0 Å². The summed E-state index contributed by atoms with van der Waals surface area (Å²) in [5.74, 6) is -1.27. The molecule has 5 atom stereocenters. The zero-order chi connectivity index (χ0) is 18.4. The lowest BCUT2D eigenvalue weighted by molar-refractivity contribution is -0.284. The van der Waals surface area contributed by atoms with Crippen LogP contribution in [0.5, 0.6) is 0 Å². The lowest BCUT2D eigenvalue weighted by Gasteiger charge is -2.47. The highest BCUT2D eigenvalue weighted by Crippen LogP contribution is 2.29. The number of carbonyl (C=O) groups is 3. The van der Waals surface area contributed by atoms with Gasteiger partial charge in [0.05, 0.1) is 0 Å². The van der Waals surface area contributed by atoms with E-state index >= 15 is 0 Å². The lowest BCUT2D eigenvalue weighted by atomic mass is 9.95. The quantitative estimate of drug-likeness (QED) is 0.605. The molecule has 9 nitrogen and oxygen atoms in total.